The van der Waals surface area contributed by atoms with E-state index in [9.17, 15) is 4.79 Å². The van der Waals surface area contributed by atoms with E-state index in [1.165, 1.54) is 18.4 Å². The molecule has 4 heteroatoms. The van der Waals surface area contributed by atoms with Gasteiger partial charge < -0.3 is 4.98 Å². The van der Waals surface area contributed by atoms with Crippen LogP contribution in [0.2, 0.25) is 0 Å². The van der Waals surface area contributed by atoms with Gasteiger partial charge in [-0.15, -0.1) is 0 Å². The van der Waals surface area contributed by atoms with Crippen molar-refractivity contribution in [2.24, 2.45) is 0 Å². The van der Waals surface area contributed by atoms with E-state index in [0.29, 0.717) is 11.7 Å². The molecule has 110 valence electrons. The van der Waals surface area contributed by atoms with Crippen LogP contribution < -0.4 is 5.56 Å². The molecule has 1 aliphatic carbocycles. The average Bonchev–Trinajstić information content (AvgIpc) is 3.04. The van der Waals surface area contributed by atoms with E-state index >= 15 is 0 Å². The fourth-order valence-electron chi connectivity index (χ4n) is 2.98. The molecule has 1 aromatic heterocycles. The zero-order valence-corrected chi connectivity index (χ0v) is 14.3. The van der Waals surface area contributed by atoms with Gasteiger partial charge in [0.25, 0.3) is 5.56 Å². The molecule has 0 bridgehead atoms. The molecule has 0 radical (unpaired) electrons. The molecule has 0 unspecified atom stereocenters. The fourth-order valence-corrected chi connectivity index (χ4v) is 3.68. The number of halogens is 1. The number of rotatable bonds is 3. The Morgan fingerprint density at radius 3 is 2.52 bits per heavy atom. The third kappa shape index (κ3) is 3.05. The lowest BCUT2D eigenvalue weighted by Crippen LogP contribution is -2.17. The minimum atomic E-state index is -0.0120. The summed E-state index contributed by atoms with van der Waals surface area (Å²) in [6, 6.07) is 8.29. The molecule has 1 aliphatic rings. The maximum atomic E-state index is 12.2. The molecule has 2 aromatic rings. The number of H-pyrrole nitrogens is 1. The van der Waals surface area contributed by atoms with E-state index in [-0.39, 0.29) is 5.56 Å². The fraction of sp³-hybridized carbons (Fsp3) is 0.412. The van der Waals surface area contributed by atoms with Crippen LogP contribution in [0.1, 0.15) is 49.8 Å². The van der Waals surface area contributed by atoms with Crippen molar-refractivity contribution in [2.75, 3.05) is 0 Å². The minimum absolute atomic E-state index is 0.0120. The van der Waals surface area contributed by atoms with Crippen LogP contribution in [0.4, 0.5) is 0 Å². The van der Waals surface area contributed by atoms with E-state index in [2.05, 4.69) is 46.6 Å². The number of benzene rings is 1. The van der Waals surface area contributed by atoms with Crippen molar-refractivity contribution in [3.63, 3.8) is 0 Å². The molecule has 3 rings (SSSR count). The molecule has 1 aromatic carbocycles. The largest absolute Gasteiger partial charge is 0.306 e. The SMILES string of the molecule is CCc1ccc(-c2nc(C3CCCC3)c(I)c(=O)[nH]2)cc1. The van der Waals surface area contributed by atoms with Gasteiger partial charge in [-0.05, 0) is 47.4 Å². The highest BCUT2D eigenvalue weighted by molar-refractivity contribution is 14.1. The van der Waals surface area contributed by atoms with Gasteiger partial charge in [0.15, 0.2) is 0 Å². The van der Waals surface area contributed by atoms with Crippen molar-refractivity contribution in [1.82, 2.24) is 9.97 Å². The first-order chi connectivity index (χ1) is 10.2. The van der Waals surface area contributed by atoms with Gasteiger partial charge in [0.1, 0.15) is 5.82 Å². The summed E-state index contributed by atoms with van der Waals surface area (Å²) in [4.78, 5) is 19.9. The number of aromatic amines is 1. The molecule has 1 saturated carbocycles. The normalized spacial score (nSPS) is 15.5. The highest BCUT2D eigenvalue weighted by atomic mass is 127. The highest BCUT2D eigenvalue weighted by Crippen LogP contribution is 2.34. The van der Waals surface area contributed by atoms with Crippen molar-refractivity contribution in [2.45, 2.75) is 44.9 Å². The second-order valence-corrected chi connectivity index (χ2v) is 6.72. The van der Waals surface area contributed by atoms with Gasteiger partial charge in [-0.1, -0.05) is 44.0 Å². The summed E-state index contributed by atoms with van der Waals surface area (Å²) in [7, 11) is 0. The maximum absolute atomic E-state index is 12.2. The van der Waals surface area contributed by atoms with Gasteiger partial charge in [0, 0.05) is 11.5 Å². The Hall–Kier alpha value is -1.17. The predicted octanol–water partition coefficient (Wildman–Crippen LogP) is 4.26. The van der Waals surface area contributed by atoms with Crippen LogP contribution in [0.5, 0.6) is 0 Å². The zero-order valence-electron chi connectivity index (χ0n) is 12.2. The number of aromatic nitrogens is 2. The third-order valence-corrected chi connectivity index (χ3v) is 5.31. The van der Waals surface area contributed by atoms with Crippen molar-refractivity contribution in [1.29, 1.82) is 0 Å². The number of hydrogen-bond donors (Lipinski definition) is 1. The molecule has 0 atom stereocenters. The van der Waals surface area contributed by atoms with E-state index < -0.39 is 0 Å². The second-order valence-electron chi connectivity index (χ2n) is 5.65. The van der Waals surface area contributed by atoms with Crippen LogP contribution in [0.15, 0.2) is 29.1 Å². The van der Waals surface area contributed by atoms with Crippen molar-refractivity contribution < 1.29 is 0 Å². The van der Waals surface area contributed by atoms with Gasteiger partial charge in [-0.25, -0.2) is 4.98 Å². The molecular formula is C17H19IN2O. The summed E-state index contributed by atoms with van der Waals surface area (Å²) in [5, 5.41) is 0. The molecule has 0 aliphatic heterocycles. The van der Waals surface area contributed by atoms with Crippen molar-refractivity contribution in [3.05, 3.63) is 49.4 Å². The molecule has 21 heavy (non-hydrogen) atoms. The lowest BCUT2D eigenvalue weighted by Gasteiger charge is -2.12. The molecule has 1 fully saturated rings. The van der Waals surface area contributed by atoms with E-state index in [1.54, 1.807) is 0 Å². The van der Waals surface area contributed by atoms with Crippen LogP contribution in [0.3, 0.4) is 0 Å². The van der Waals surface area contributed by atoms with Crippen molar-refractivity contribution >= 4 is 22.6 Å². The van der Waals surface area contributed by atoms with Gasteiger partial charge in [-0.3, -0.25) is 4.79 Å². The van der Waals surface area contributed by atoms with Gasteiger partial charge in [0.05, 0.1) is 9.26 Å². The third-order valence-electron chi connectivity index (χ3n) is 4.27. The Bertz CT molecular complexity index is 685. The lowest BCUT2D eigenvalue weighted by atomic mass is 10.0. The Morgan fingerprint density at radius 2 is 1.90 bits per heavy atom. The first-order valence-corrected chi connectivity index (χ1v) is 8.66. The van der Waals surface area contributed by atoms with Gasteiger partial charge in [0.2, 0.25) is 0 Å². The van der Waals surface area contributed by atoms with Crippen molar-refractivity contribution in [3.8, 4) is 11.4 Å². The monoisotopic (exact) mass is 394 g/mol. The van der Waals surface area contributed by atoms with E-state index in [4.69, 9.17) is 4.98 Å². The Kier molecular flexibility index (Phi) is 4.42. The minimum Gasteiger partial charge on any atom is -0.306 e. The van der Waals surface area contributed by atoms with Crippen LogP contribution in [-0.2, 0) is 6.42 Å². The number of hydrogen-bond acceptors (Lipinski definition) is 2. The summed E-state index contributed by atoms with van der Waals surface area (Å²) >= 11 is 2.14. The lowest BCUT2D eigenvalue weighted by molar-refractivity contribution is 0.687. The number of nitrogens with zero attached hydrogens (tertiary/aromatic N) is 1. The van der Waals surface area contributed by atoms with Gasteiger partial charge in [-0.2, -0.15) is 0 Å². The first-order valence-electron chi connectivity index (χ1n) is 7.58. The van der Waals surface area contributed by atoms with E-state index in [0.717, 1.165) is 34.1 Å². The summed E-state index contributed by atoms with van der Waals surface area (Å²) in [6.45, 7) is 2.14. The average molecular weight is 394 g/mol. The predicted molar refractivity (Wildman–Crippen MR) is 93.6 cm³/mol. The van der Waals surface area contributed by atoms with Crippen LogP contribution in [-0.4, -0.2) is 9.97 Å². The quantitative estimate of drug-likeness (QED) is 0.791. The number of aryl methyl sites for hydroxylation is 1. The molecule has 0 amide bonds. The molecule has 0 spiro atoms. The van der Waals surface area contributed by atoms with Crippen LogP contribution in [0, 0.1) is 3.57 Å². The van der Waals surface area contributed by atoms with E-state index in [1.807, 2.05) is 12.1 Å². The summed E-state index contributed by atoms with van der Waals surface area (Å²) in [5.41, 5.74) is 3.26. The van der Waals surface area contributed by atoms with Crippen LogP contribution >= 0.6 is 22.6 Å². The Morgan fingerprint density at radius 1 is 1.24 bits per heavy atom. The summed E-state index contributed by atoms with van der Waals surface area (Å²) in [6.07, 6.45) is 5.82. The van der Waals surface area contributed by atoms with Gasteiger partial charge >= 0.3 is 0 Å². The maximum Gasteiger partial charge on any atom is 0.264 e. The summed E-state index contributed by atoms with van der Waals surface area (Å²) < 4.78 is 0.758. The Labute approximate surface area is 138 Å². The highest BCUT2D eigenvalue weighted by Gasteiger charge is 2.23. The summed E-state index contributed by atoms with van der Waals surface area (Å²) in [5.74, 6) is 1.15. The standard InChI is InChI=1S/C17H19IN2O/c1-2-11-7-9-13(10-8-11)16-19-15(12-5-3-4-6-12)14(18)17(21)20-16/h7-10,12H,2-6H2,1H3,(H,19,20,21). The number of nitrogens with one attached hydrogen (secondary N) is 1. The molecule has 0 saturated heterocycles. The molecule has 3 nitrogen and oxygen atoms in total. The Balaban J connectivity index is 2.03. The van der Waals surface area contributed by atoms with Crippen LogP contribution in [0.25, 0.3) is 11.4 Å². The smallest absolute Gasteiger partial charge is 0.264 e. The topological polar surface area (TPSA) is 45.8 Å². The molecule has 1 N–H and O–H groups in total. The second kappa shape index (κ2) is 6.30. The zero-order chi connectivity index (χ0) is 14.8. The molecular weight excluding hydrogens is 375 g/mol. The molecule has 1 heterocycles. The first kappa shape index (κ1) is 14.8.